The van der Waals surface area contributed by atoms with E-state index in [4.69, 9.17) is 0 Å². The maximum atomic E-state index is 11.3. The van der Waals surface area contributed by atoms with Gasteiger partial charge in [0.15, 0.2) is 0 Å². The van der Waals surface area contributed by atoms with E-state index in [0.717, 1.165) is 0 Å². The van der Waals surface area contributed by atoms with Crippen molar-refractivity contribution in [2.45, 2.75) is 18.9 Å². The van der Waals surface area contributed by atoms with Crippen LogP contribution in [-0.2, 0) is 4.79 Å². The molecule has 3 heteroatoms. The van der Waals surface area contributed by atoms with Gasteiger partial charge in [0.1, 0.15) is 0 Å². The fourth-order valence-corrected chi connectivity index (χ4v) is 0.950. The van der Waals surface area contributed by atoms with Gasteiger partial charge in [-0.2, -0.15) is 0 Å². The van der Waals surface area contributed by atoms with Crippen LogP contribution in [0.4, 0.5) is 0 Å². The predicted octanol–water partition coefficient (Wildman–Crippen LogP) is 0.383. The first-order chi connectivity index (χ1) is 5.74. The van der Waals surface area contributed by atoms with E-state index in [9.17, 15) is 4.79 Å². The molecule has 0 saturated heterocycles. The van der Waals surface area contributed by atoms with Gasteiger partial charge in [0, 0.05) is 19.6 Å². The minimum Gasteiger partial charge on any atom is -0.341 e. The second-order valence-corrected chi connectivity index (χ2v) is 3.22. The lowest BCUT2D eigenvalue weighted by Crippen LogP contribution is -2.36. The van der Waals surface area contributed by atoms with E-state index in [1.807, 2.05) is 0 Å². The van der Waals surface area contributed by atoms with Crippen LogP contribution in [0.1, 0.15) is 12.8 Å². The highest BCUT2D eigenvalue weighted by Crippen LogP contribution is 2.17. The number of carbonyl (C=O) groups excluding carboxylic acids is 1. The zero-order chi connectivity index (χ0) is 8.97. The van der Waals surface area contributed by atoms with Gasteiger partial charge in [-0.3, -0.25) is 4.79 Å². The van der Waals surface area contributed by atoms with Crippen molar-refractivity contribution < 1.29 is 4.79 Å². The third kappa shape index (κ3) is 3.05. The Morgan fingerprint density at radius 1 is 1.75 bits per heavy atom. The minimum absolute atomic E-state index is 0.141. The van der Waals surface area contributed by atoms with Crippen LogP contribution in [0.5, 0.6) is 0 Å². The molecule has 0 radical (unpaired) electrons. The molecule has 0 spiro atoms. The van der Waals surface area contributed by atoms with Gasteiger partial charge in [-0.05, 0) is 12.8 Å². The van der Waals surface area contributed by atoms with Crippen molar-refractivity contribution in [3.05, 3.63) is 12.7 Å². The first-order valence-corrected chi connectivity index (χ1v) is 4.32. The Kier molecular flexibility index (Phi) is 3.29. The van der Waals surface area contributed by atoms with Crippen LogP contribution in [0, 0.1) is 0 Å². The zero-order valence-electron chi connectivity index (χ0n) is 7.55. The molecule has 1 amide bonds. The van der Waals surface area contributed by atoms with Crippen LogP contribution in [0.15, 0.2) is 12.7 Å². The Morgan fingerprint density at radius 3 is 2.92 bits per heavy atom. The number of amides is 1. The van der Waals surface area contributed by atoms with E-state index in [1.165, 1.54) is 12.8 Å². The molecule has 1 saturated carbocycles. The molecule has 1 aliphatic rings. The summed E-state index contributed by atoms with van der Waals surface area (Å²) >= 11 is 0. The van der Waals surface area contributed by atoms with E-state index in [2.05, 4.69) is 11.9 Å². The molecule has 0 aromatic heterocycles. The fraction of sp³-hybridized carbons (Fsp3) is 0.667. The summed E-state index contributed by atoms with van der Waals surface area (Å²) in [7, 11) is 1.79. The van der Waals surface area contributed by atoms with Crippen LogP contribution >= 0.6 is 0 Å². The van der Waals surface area contributed by atoms with Crippen molar-refractivity contribution in [2.24, 2.45) is 0 Å². The zero-order valence-corrected chi connectivity index (χ0v) is 7.55. The monoisotopic (exact) mass is 168 g/mol. The van der Waals surface area contributed by atoms with Gasteiger partial charge in [-0.15, -0.1) is 6.58 Å². The highest BCUT2D eigenvalue weighted by molar-refractivity contribution is 5.78. The molecule has 0 unspecified atom stereocenters. The molecule has 68 valence electrons. The second-order valence-electron chi connectivity index (χ2n) is 3.22. The molecule has 1 rings (SSSR count). The number of likely N-dealkylation sites (N-methyl/N-ethyl adjacent to an activating group) is 1. The Balaban J connectivity index is 2.11. The summed E-state index contributed by atoms with van der Waals surface area (Å²) < 4.78 is 0. The third-order valence-electron chi connectivity index (χ3n) is 1.95. The molecule has 0 aromatic carbocycles. The number of nitrogens with zero attached hydrogens (tertiary/aromatic N) is 1. The second kappa shape index (κ2) is 4.26. The summed E-state index contributed by atoms with van der Waals surface area (Å²) in [6.45, 7) is 4.67. The summed E-state index contributed by atoms with van der Waals surface area (Å²) in [6.07, 6.45) is 4.17. The number of rotatable bonds is 5. The van der Waals surface area contributed by atoms with Crippen molar-refractivity contribution in [2.75, 3.05) is 20.1 Å². The highest BCUT2D eigenvalue weighted by atomic mass is 16.2. The summed E-state index contributed by atoms with van der Waals surface area (Å²) in [6, 6.07) is 0.603. The van der Waals surface area contributed by atoms with Crippen LogP contribution in [0.25, 0.3) is 0 Å². The molecule has 0 aromatic rings. The smallest absolute Gasteiger partial charge is 0.236 e. The molecule has 1 aliphatic carbocycles. The van der Waals surface area contributed by atoms with Crippen molar-refractivity contribution in [1.29, 1.82) is 0 Å². The molecule has 0 bridgehead atoms. The van der Waals surface area contributed by atoms with Gasteiger partial charge in [0.05, 0.1) is 6.54 Å². The summed E-state index contributed by atoms with van der Waals surface area (Å²) in [4.78, 5) is 12.9. The normalized spacial score (nSPS) is 15.8. The van der Waals surface area contributed by atoms with Crippen LogP contribution in [-0.4, -0.2) is 37.0 Å². The molecule has 1 N–H and O–H groups in total. The average molecular weight is 168 g/mol. The third-order valence-corrected chi connectivity index (χ3v) is 1.95. The van der Waals surface area contributed by atoms with Gasteiger partial charge in [-0.25, -0.2) is 0 Å². The molecule has 1 fully saturated rings. The van der Waals surface area contributed by atoms with E-state index in [1.54, 1.807) is 18.0 Å². The fourth-order valence-electron chi connectivity index (χ4n) is 0.950. The summed E-state index contributed by atoms with van der Waals surface area (Å²) in [5, 5.41) is 3.17. The standard InChI is InChI=1S/C9H16N2O/c1-3-6-11(2)9(12)7-10-8-4-5-8/h3,8,10H,1,4-7H2,2H3. The van der Waals surface area contributed by atoms with Gasteiger partial charge in [-0.1, -0.05) is 6.08 Å². The maximum absolute atomic E-state index is 11.3. The molecular weight excluding hydrogens is 152 g/mol. The molecule has 0 atom stereocenters. The Labute approximate surface area is 73.4 Å². The summed E-state index contributed by atoms with van der Waals surface area (Å²) in [5.41, 5.74) is 0. The Hall–Kier alpha value is -0.830. The summed E-state index contributed by atoms with van der Waals surface area (Å²) in [5.74, 6) is 0.141. The molecule has 0 heterocycles. The number of carbonyl (C=O) groups is 1. The predicted molar refractivity (Wildman–Crippen MR) is 48.9 cm³/mol. The molecular formula is C9H16N2O. The first-order valence-electron chi connectivity index (χ1n) is 4.32. The lowest BCUT2D eigenvalue weighted by molar-refractivity contribution is -0.128. The van der Waals surface area contributed by atoms with E-state index in [0.29, 0.717) is 19.1 Å². The van der Waals surface area contributed by atoms with Crippen molar-refractivity contribution in [3.63, 3.8) is 0 Å². The minimum atomic E-state index is 0.141. The Bertz CT molecular complexity index is 175. The largest absolute Gasteiger partial charge is 0.341 e. The Morgan fingerprint density at radius 2 is 2.42 bits per heavy atom. The number of hydrogen-bond acceptors (Lipinski definition) is 2. The molecule has 3 nitrogen and oxygen atoms in total. The molecule has 12 heavy (non-hydrogen) atoms. The lowest BCUT2D eigenvalue weighted by atomic mass is 10.4. The average Bonchev–Trinajstić information content (AvgIpc) is 2.83. The lowest BCUT2D eigenvalue weighted by Gasteiger charge is -2.14. The van der Waals surface area contributed by atoms with Crippen LogP contribution in [0.2, 0.25) is 0 Å². The van der Waals surface area contributed by atoms with E-state index >= 15 is 0 Å². The van der Waals surface area contributed by atoms with Crippen LogP contribution < -0.4 is 5.32 Å². The van der Waals surface area contributed by atoms with Gasteiger partial charge < -0.3 is 10.2 Å². The number of hydrogen-bond donors (Lipinski definition) is 1. The first kappa shape index (κ1) is 9.26. The van der Waals surface area contributed by atoms with Crippen molar-refractivity contribution in [3.8, 4) is 0 Å². The van der Waals surface area contributed by atoms with Crippen molar-refractivity contribution >= 4 is 5.91 Å². The van der Waals surface area contributed by atoms with Gasteiger partial charge in [0.25, 0.3) is 0 Å². The SMILES string of the molecule is C=CCN(C)C(=O)CNC1CC1. The van der Waals surface area contributed by atoms with E-state index in [-0.39, 0.29) is 5.91 Å². The van der Waals surface area contributed by atoms with E-state index < -0.39 is 0 Å². The quantitative estimate of drug-likeness (QED) is 0.602. The topological polar surface area (TPSA) is 32.3 Å². The van der Waals surface area contributed by atoms with Crippen molar-refractivity contribution in [1.82, 2.24) is 10.2 Å². The highest BCUT2D eigenvalue weighted by Gasteiger charge is 2.21. The molecule has 0 aliphatic heterocycles. The maximum Gasteiger partial charge on any atom is 0.236 e. The van der Waals surface area contributed by atoms with Crippen LogP contribution in [0.3, 0.4) is 0 Å². The van der Waals surface area contributed by atoms with Gasteiger partial charge in [0.2, 0.25) is 5.91 Å². The van der Waals surface area contributed by atoms with Gasteiger partial charge >= 0.3 is 0 Å². The number of nitrogens with one attached hydrogen (secondary N) is 1.